The van der Waals surface area contributed by atoms with Crippen molar-refractivity contribution in [3.8, 4) is 0 Å². The van der Waals surface area contributed by atoms with Crippen LogP contribution in [0.5, 0.6) is 0 Å². The van der Waals surface area contributed by atoms with Gasteiger partial charge in [0.25, 0.3) is 0 Å². The van der Waals surface area contributed by atoms with Gasteiger partial charge in [-0.2, -0.15) is 0 Å². The van der Waals surface area contributed by atoms with E-state index >= 15 is 0 Å². The Balaban J connectivity index is 2.95. The van der Waals surface area contributed by atoms with E-state index < -0.39 is 0 Å². The zero-order valence-corrected chi connectivity index (χ0v) is 12.0. The van der Waals surface area contributed by atoms with Gasteiger partial charge in [-0.3, -0.25) is 4.79 Å². The molecule has 3 heteroatoms. The number of hydrogen-bond acceptors (Lipinski definition) is 3. The van der Waals surface area contributed by atoms with Gasteiger partial charge >= 0.3 is 5.97 Å². The van der Waals surface area contributed by atoms with E-state index in [1.165, 1.54) is 22.3 Å². The van der Waals surface area contributed by atoms with E-state index in [0.29, 0.717) is 13.0 Å². The van der Waals surface area contributed by atoms with Gasteiger partial charge in [0.05, 0.1) is 13.0 Å². The number of carbonyl (C=O) groups is 1. The predicted octanol–water partition coefficient (Wildman–Crippen LogP) is 2.83. The van der Waals surface area contributed by atoms with Crippen molar-refractivity contribution in [1.29, 1.82) is 0 Å². The van der Waals surface area contributed by atoms with E-state index in [9.17, 15) is 4.79 Å². The molecule has 1 atom stereocenters. The number of rotatable bonds is 5. The fourth-order valence-corrected chi connectivity index (χ4v) is 2.11. The van der Waals surface area contributed by atoms with Crippen LogP contribution >= 0.6 is 0 Å². The van der Waals surface area contributed by atoms with Gasteiger partial charge in [-0.15, -0.1) is 0 Å². The van der Waals surface area contributed by atoms with Crippen LogP contribution in [-0.4, -0.2) is 19.6 Å². The predicted molar refractivity (Wildman–Crippen MR) is 73.7 cm³/mol. The minimum atomic E-state index is -0.158. The Kier molecular flexibility index (Phi) is 5.35. The van der Waals surface area contributed by atoms with Gasteiger partial charge in [0.1, 0.15) is 0 Å². The summed E-state index contributed by atoms with van der Waals surface area (Å²) in [5.74, 6) is -0.158. The van der Waals surface area contributed by atoms with E-state index in [0.717, 1.165) is 0 Å². The molecule has 0 fully saturated rings. The highest BCUT2D eigenvalue weighted by Gasteiger charge is 2.17. The van der Waals surface area contributed by atoms with Crippen molar-refractivity contribution >= 4 is 5.97 Å². The number of ether oxygens (including phenoxy) is 1. The maximum Gasteiger partial charge on any atom is 0.307 e. The first-order valence-electron chi connectivity index (χ1n) is 6.40. The van der Waals surface area contributed by atoms with Crippen LogP contribution in [-0.2, 0) is 9.53 Å². The Bertz CT molecular complexity index is 427. The van der Waals surface area contributed by atoms with Gasteiger partial charge < -0.3 is 10.1 Å². The van der Waals surface area contributed by atoms with Gasteiger partial charge in [0.2, 0.25) is 0 Å². The smallest absolute Gasteiger partial charge is 0.307 e. The molecular weight excluding hydrogens is 226 g/mol. The summed E-state index contributed by atoms with van der Waals surface area (Å²) in [6, 6.07) is 4.34. The van der Waals surface area contributed by atoms with E-state index in [1.54, 1.807) is 0 Å². The molecule has 1 aromatic rings. The Morgan fingerprint density at radius 3 is 2.39 bits per heavy atom. The van der Waals surface area contributed by atoms with Gasteiger partial charge in [-0.1, -0.05) is 12.1 Å². The molecule has 0 aromatic heterocycles. The second-order valence-corrected chi connectivity index (χ2v) is 4.64. The molecular formula is C15H23NO2. The Morgan fingerprint density at radius 1 is 1.22 bits per heavy atom. The summed E-state index contributed by atoms with van der Waals surface area (Å²) >= 11 is 0. The van der Waals surface area contributed by atoms with Crippen LogP contribution in [0.15, 0.2) is 12.1 Å². The SMILES string of the molecule is CCOC(=O)CC(NC)c1cc(C)c(C)cc1C. The molecule has 0 aliphatic rings. The van der Waals surface area contributed by atoms with Crippen molar-refractivity contribution in [2.45, 2.75) is 40.2 Å². The van der Waals surface area contributed by atoms with Gasteiger partial charge in [-0.25, -0.2) is 0 Å². The lowest BCUT2D eigenvalue weighted by atomic mass is 9.94. The number of carbonyl (C=O) groups excluding carboxylic acids is 1. The zero-order chi connectivity index (χ0) is 13.7. The standard InChI is InChI=1S/C15H23NO2/c1-6-18-15(17)9-14(16-5)13-8-11(3)10(2)7-12(13)4/h7-8,14,16H,6,9H2,1-5H3. The molecule has 0 saturated carbocycles. The molecule has 0 aliphatic carbocycles. The number of nitrogens with one attached hydrogen (secondary N) is 1. The van der Waals surface area contributed by atoms with Crippen LogP contribution in [0.1, 0.15) is 41.6 Å². The number of hydrogen-bond donors (Lipinski definition) is 1. The van der Waals surface area contributed by atoms with Crippen molar-refractivity contribution in [3.05, 3.63) is 34.4 Å². The molecule has 0 aliphatic heterocycles. The summed E-state index contributed by atoms with van der Waals surface area (Å²) in [4.78, 5) is 11.6. The van der Waals surface area contributed by atoms with Crippen molar-refractivity contribution < 1.29 is 9.53 Å². The van der Waals surface area contributed by atoms with Crippen molar-refractivity contribution in [3.63, 3.8) is 0 Å². The van der Waals surface area contributed by atoms with Gasteiger partial charge in [0.15, 0.2) is 0 Å². The number of esters is 1. The first-order chi connectivity index (χ1) is 8.49. The van der Waals surface area contributed by atoms with E-state index in [-0.39, 0.29) is 12.0 Å². The normalized spacial score (nSPS) is 12.3. The topological polar surface area (TPSA) is 38.3 Å². The monoisotopic (exact) mass is 249 g/mol. The first-order valence-corrected chi connectivity index (χ1v) is 6.40. The molecule has 100 valence electrons. The minimum absolute atomic E-state index is 0.0170. The molecule has 3 nitrogen and oxygen atoms in total. The maximum atomic E-state index is 11.6. The molecule has 1 N–H and O–H groups in total. The quantitative estimate of drug-likeness (QED) is 0.815. The van der Waals surface area contributed by atoms with Gasteiger partial charge in [-0.05, 0) is 57.0 Å². The van der Waals surface area contributed by atoms with E-state index in [2.05, 4.69) is 38.2 Å². The van der Waals surface area contributed by atoms with Crippen LogP contribution < -0.4 is 5.32 Å². The average molecular weight is 249 g/mol. The molecule has 0 spiro atoms. The summed E-state index contributed by atoms with van der Waals surface area (Å²) in [5, 5.41) is 3.19. The summed E-state index contributed by atoms with van der Waals surface area (Å²) < 4.78 is 5.01. The van der Waals surface area contributed by atoms with Crippen molar-refractivity contribution in [1.82, 2.24) is 5.32 Å². The number of aryl methyl sites for hydroxylation is 3. The Hall–Kier alpha value is -1.35. The fourth-order valence-electron chi connectivity index (χ4n) is 2.11. The molecule has 0 bridgehead atoms. The number of benzene rings is 1. The Morgan fingerprint density at radius 2 is 1.83 bits per heavy atom. The molecule has 0 heterocycles. The summed E-state index contributed by atoms with van der Waals surface area (Å²) in [7, 11) is 1.87. The van der Waals surface area contributed by atoms with Crippen LogP contribution in [0, 0.1) is 20.8 Å². The lowest BCUT2D eigenvalue weighted by molar-refractivity contribution is -0.143. The maximum absolute atomic E-state index is 11.6. The minimum Gasteiger partial charge on any atom is -0.466 e. The van der Waals surface area contributed by atoms with Crippen molar-refractivity contribution in [2.75, 3.05) is 13.7 Å². The highest BCUT2D eigenvalue weighted by Crippen LogP contribution is 2.24. The van der Waals surface area contributed by atoms with Crippen LogP contribution in [0.4, 0.5) is 0 Å². The summed E-state index contributed by atoms with van der Waals surface area (Å²) in [6.45, 7) is 8.53. The second kappa shape index (κ2) is 6.55. The van der Waals surface area contributed by atoms with Crippen LogP contribution in [0.25, 0.3) is 0 Å². The molecule has 0 amide bonds. The molecule has 0 radical (unpaired) electrons. The highest BCUT2D eigenvalue weighted by atomic mass is 16.5. The lowest BCUT2D eigenvalue weighted by Gasteiger charge is -2.19. The van der Waals surface area contributed by atoms with E-state index in [1.807, 2.05) is 14.0 Å². The van der Waals surface area contributed by atoms with E-state index in [4.69, 9.17) is 4.74 Å². The second-order valence-electron chi connectivity index (χ2n) is 4.64. The summed E-state index contributed by atoms with van der Waals surface area (Å²) in [5.41, 5.74) is 4.91. The Labute approximate surface area is 110 Å². The zero-order valence-electron chi connectivity index (χ0n) is 12.0. The fraction of sp³-hybridized carbons (Fsp3) is 0.533. The van der Waals surface area contributed by atoms with Gasteiger partial charge in [0, 0.05) is 6.04 Å². The summed E-state index contributed by atoms with van der Waals surface area (Å²) in [6.07, 6.45) is 0.369. The largest absolute Gasteiger partial charge is 0.466 e. The third-order valence-corrected chi connectivity index (χ3v) is 3.28. The third kappa shape index (κ3) is 3.57. The molecule has 1 aromatic carbocycles. The molecule has 1 rings (SSSR count). The van der Waals surface area contributed by atoms with Crippen LogP contribution in [0.3, 0.4) is 0 Å². The average Bonchev–Trinajstić information content (AvgIpc) is 2.31. The molecule has 0 saturated heterocycles. The van der Waals surface area contributed by atoms with Crippen molar-refractivity contribution in [2.24, 2.45) is 0 Å². The lowest BCUT2D eigenvalue weighted by Crippen LogP contribution is -2.22. The molecule has 18 heavy (non-hydrogen) atoms. The molecule has 1 unspecified atom stereocenters. The first kappa shape index (κ1) is 14.7. The highest BCUT2D eigenvalue weighted by molar-refractivity contribution is 5.70. The van der Waals surface area contributed by atoms with Crippen LogP contribution in [0.2, 0.25) is 0 Å². The third-order valence-electron chi connectivity index (χ3n) is 3.28.